The van der Waals surface area contributed by atoms with Crippen LogP contribution in [0.15, 0.2) is 24.3 Å². The summed E-state index contributed by atoms with van der Waals surface area (Å²) in [6.07, 6.45) is 1.12. The molecule has 0 aliphatic carbocycles. The van der Waals surface area contributed by atoms with Gasteiger partial charge in [-0.25, -0.2) is 9.07 Å². The Morgan fingerprint density at radius 1 is 1.35 bits per heavy atom. The van der Waals surface area contributed by atoms with Crippen LogP contribution in [-0.2, 0) is 6.54 Å². The van der Waals surface area contributed by atoms with Crippen LogP contribution >= 0.6 is 0 Å². The average molecular weight is 274 g/mol. The van der Waals surface area contributed by atoms with Crippen LogP contribution in [0.25, 0.3) is 11.3 Å². The van der Waals surface area contributed by atoms with Crippen molar-refractivity contribution in [2.24, 2.45) is 0 Å². The van der Waals surface area contributed by atoms with Crippen molar-refractivity contribution in [3.8, 4) is 17.1 Å². The van der Waals surface area contributed by atoms with Crippen LogP contribution in [0.4, 0.5) is 4.39 Å². The number of halogens is 1. The molecule has 20 heavy (non-hydrogen) atoms. The Hall–Kier alpha value is -1.84. The molecule has 3 nitrogen and oxygen atoms in total. The molecular weight excluding hydrogens is 255 g/mol. The van der Waals surface area contributed by atoms with E-state index in [1.807, 2.05) is 10.7 Å². The van der Waals surface area contributed by atoms with Crippen molar-refractivity contribution in [2.45, 2.75) is 45.8 Å². The Morgan fingerprint density at radius 3 is 2.80 bits per heavy atom. The molecule has 1 aliphatic heterocycles. The molecule has 0 radical (unpaired) electrons. The predicted octanol–water partition coefficient (Wildman–Crippen LogP) is 3.98. The zero-order chi connectivity index (χ0) is 14.3. The molecule has 3 rings (SSSR count). The summed E-state index contributed by atoms with van der Waals surface area (Å²) in [5.41, 5.74) is 2.26. The monoisotopic (exact) mass is 274 g/mol. The molecule has 0 N–H and O–H groups in total. The number of ether oxygens (including phenoxy) is 1. The van der Waals surface area contributed by atoms with Crippen molar-refractivity contribution < 1.29 is 9.13 Å². The summed E-state index contributed by atoms with van der Waals surface area (Å²) in [6.45, 7) is 7.06. The van der Waals surface area contributed by atoms with E-state index in [0.717, 1.165) is 24.4 Å². The molecule has 4 heteroatoms. The zero-order valence-corrected chi connectivity index (χ0v) is 12.1. The minimum atomic E-state index is -0.238. The first kappa shape index (κ1) is 13.2. The van der Waals surface area contributed by atoms with Crippen LogP contribution in [0.3, 0.4) is 0 Å². The van der Waals surface area contributed by atoms with E-state index in [1.165, 1.54) is 6.07 Å². The second-order valence-corrected chi connectivity index (χ2v) is 5.64. The molecule has 1 atom stereocenters. The predicted molar refractivity (Wildman–Crippen MR) is 76.4 cm³/mol. The van der Waals surface area contributed by atoms with Gasteiger partial charge in [-0.3, -0.25) is 0 Å². The van der Waals surface area contributed by atoms with E-state index >= 15 is 0 Å². The lowest BCUT2D eigenvalue weighted by Gasteiger charge is -2.23. The normalized spacial score (nSPS) is 17.9. The second kappa shape index (κ2) is 4.93. The fourth-order valence-electron chi connectivity index (χ4n) is 2.66. The molecule has 2 heterocycles. The van der Waals surface area contributed by atoms with Crippen LogP contribution in [0.2, 0.25) is 0 Å². The topological polar surface area (TPSA) is 27.1 Å². The first-order valence-electron chi connectivity index (χ1n) is 7.10. The van der Waals surface area contributed by atoms with E-state index < -0.39 is 0 Å². The molecule has 0 unspecified atom stereocenters. The van der Waals surface area contributed by atoms with Crippen molar-refractivity contribution in [3.05, 3.63) is 35.6 Å². The second-order valence-electron chi connectivity index (χ2n) is 5.64. The van der Waals surface area contributed by atoms with E-state index in [-0.39, 0.29) is 17.8 Å². The highest BCUT2D eigenvalue weighted by Gasteiger charge is 2.28. The fourth-order valence-corrected chi connectivity index (χ4v) is 2.66. The summed E-state index contributed by atoms with van der Waals surface area (Å²) >= 11 is 0. The van der Waals surface area contributed by atoms with Gasteiger partial charge in [0.2, 0.25) is 5.88 Å². The van der Waals surface area contributed by atoms with Gasteiger partial charge in [-0.1, -0.05) is 26.0 Å². The number of fused-ring (bicyclic) bond motifs is 1. The van der Waals surface area contributed by atoms with Crippen LogP contribution in [0, 0.1) is 5.82 Å². The van der Waals surface area contributed by atoms with Gasteiger partial charge in [0.25, 0.3) is 0 Å². The standard InChI is InChI=1S/C16H19FN2O/c1-10(2)14-15(12-6-4-5-7-13(12)17)18-19-9-8-11(3)20-16(14)19/h4-7,10-11H,8-9H2,1-3H3/t11-/m1/s1. The van der Waals surface area contributed by atoms with E-state index in [4.69, 9.17) is 4.74 Å². The number of rotatable bonds is 2. The van der Waals surface area contributed by atoms with Crippen molar-refractivity contribution in [3.63, 3.8) is 0 Å². The molecule has 0 bridgehead atoms. The van der Waals surface area contributed by atoms with Crippen molar-refractivity contribution >= 4 is 0 Å². The number of benzene rings is 1. The van der Waals surface area contributed by atoms with Gasteiger partial charge in [0.15, 0.2) is 0 Å². The number of hydrogen-bond acceptors (Lipinski definition) is 2. The lowest BCUT2D eigenvalue weighted by atomic mass is 9.98. The van der Waals surface area contributed by atoms with Gasteiger partial charge in [-0.15, -0.1) is 0 Å². The van der Waals surface area contributed by atoms with Crippen LogP contribution < -0.4 is 4.74 Å². The molecule has 1 aliphatic rings. The molecule has 0 spiro atoms. The first-order chi connectivity index (χ1) is 9.58. The highest BCUT2D eigenvalue weighted by Crippen LogP contribution is 2.39. The Morgan fingerprint density at radius 2 is 2.10 bits per heavy atom. The molecule has 0 saturated heterocycles. The maximum atomic E-state index is 14.1. The molecule has 2 aromatic rings. The summed E-state index contributed by atoms with van der Waals surface area (Å²) in [4.78, 5) is 0. The quantitative estimate of drug-likeness (QED) is 0.828. The summed E-state index contributed by atoms with van der Waals surface area (Å²) in [6, 6.07) is 6.78. The minimum Gasteiger partial charge on any atom is -0.475 e. The molecule has 0 amide bonds. The number of hydrogen-bond donors (Lipinski definition) is 0. The van der Waals surface area contributed by atoms with E-state index in [2.05, 4.69) is 25.9 Å². The summed E-state index contributed by atoms with van der Waals surface area (Å²) in [7, 11) is 0. The van der Waals surface area contributed by atoms with Crippen molar-refractivity contribution in [1.82, 2.24) is 9.78 Å². The first-order valence-corrected chi connectivity index (χ1v) is 7.10. The van der Waals surface area contributed by atoms with Gasteiger partial charge in [0.1, 0.15) is 11.5 Å². The fraction of sp³-hybridized carbons (Fsp3) is 0.438. The highest BCUT2D eigenvalue weighted by atomic mass is 19.1. The van der Waals surface area contributed by atoms with Crippen LogP contribution in [0.1, 0.15) is 38.7 Å². The average Bonchev–Trinajstić information content (AvgIpc) is 2.77. The van der Waals surface area contributed by atoms with E-state index in [0.29, 0.717) is 11.3 Å². The highest BCUT2D eigenvalue weighted by molar-refractivity contribution is 5.67. The Labute approximate surface area is 118 Å². The summed E-state index contributed by atoms with van der Waals surface area (Å²) in [5, 5.41) is 4.59. The molecule has 106 valence electrons. The van der Waals surface area contributed by atoms with Gasteiger partial charge in [0, 0.05) is 24.1 Å². The largest absolute Gasteiger partial charge is 0.475 e. The lowest BCUT2D eigenvalue weighted by molar-refractivity contribution is 0.147. The smallest absolute Gasteiger partial charge is 0.216 e. The summed E-state index contributed by atoms with van der Waals surface area (Å²) in [5.74, 6) is 0.800. The third-order valence-corrected chi connectivity index (χ3v) is 3.71. The zero-order valence-electron chi connectivity index (χ0n) is 12.1. The van der Waals surface area contributed by atoms with E-state index in [1.54, 1.807) is 12.1 Å². The van der Waals surface area contributed by atoms with Crippen molar-refractivity contribution in [1.29, 1.82) is 0 Å². The van der Waals surface area contributed by atoms with E-state index in [9.17, 15) is 4.39 Å². The van der Waals surface area contributed by atoms with Gasteiger partial charge < -0.3 is 4.74 Å². The molecule has 1 aromatic heterocycles. The Balaban J connectivity index is 2.19. The van der Waals surface area contributed by atoms with Gasteiger partial charge in [0.05, 0.1) is 6.10 Å². The van der Waals surface area contributed by atoms with Gasteiger partial charge >= 0.3 is 0 Å². The third-order valence-electron chi connectivity index (χ3n) is 3.71. The van der Waals surface area contributed by atoms with Crippen molar-refractivity contribution in [2.75, 3.05) is 0 Å². The number of aromatic nitrogens is 2. The minimum absolute atomic E-state index is 0.185. The molecule has 1 aromatic carbocycles. The molecular formula is C16H19FN2O. The molecule has 0 saturated carbocycles. The maximum Gasteiger partial charge on any atom is 0.216 e. The maximum absolute atomic E-state index is 14.1. The lowest BCUT2D eigenvalue weighted by Crippen LogP contribution is -2.23. The third kappa shape index (κ3) is 2.09. The van der Waals surface area contributed by atoms with Crippen LogP contribution in [-0.4, -0.2) is 15.9 Å². The Bertz CT molecular complexity index is 633. The van der Waals surface area contributed by atoms with Gasteiger partial charge in [-0.2, -0.15) is 5.10 Å². The number of nitrogens with zero attached hydrogens (tertiary/aromatic N) is 2. The molecule has 0 fully saturated rings. The number of aryl methyl sites for hydroxylation is 1. The van der Waals surface area contributed by atoms with Gasteiger partial charge in [-0.05, 0) is 25.0 Å². The van der Waals surface area contributed by atoms with Crippen LogP contribution in [0.5, 0.6) is 5.88 Å². The summed E-state index contributed by atoms with van der Waals surface area (Å²) < 4.78 is 21.9. The SMILES string of the molecule is CC(C)c1c(-c2ccccc2F)nn2c1O[C@H](C)CC2. The Kier molecular flexibility index (Phi) is 3.24.